The molecule has 1 aromatic carbocycles. The maximum atomic E-state index is 11.8. The molecule has 2 heteroatoms. The van der Waals surface area contributed by atoms with Gasteiger partial charge in [0.25, 0.3) is 0 Å². The number of fused-ring (bicyclic) bond motifs is 1. The number of pyridine rings is 1. The van der Waals surface area contributed by atoms with Crippen molar-refractivity contribution in [1.29, 1.82) is 0 Å². The van der Waals surface area contributed by atoms with E-state index in [0.717, 1.165) is 23.0 Å². The van der Waals surface area contributed by atoms with Crippen molar-refractivity contribution in [3.63, 3.8) is 0 Å². The highest BCUT2D eigenvalue weighted by molar-refractivity contribution is 5.82. The van der Waals surface area contributed by atoms with Crippen molar-refractivity contribution in [3.8, 4) is 0 Å². The number of aromatic nitrogens is 1. The molecule has 2 aromatic rings. The Balaban J connectivity index is 2.93. The summed E-state index contributed by atoms with van der Waals surface area (Å²) in [6.45, 7) is 6.15. The quantitative estimate of drug-likeness (QED) is 0.756. The van der Waals surface area contributed by atoms with E-state index in [4.69, 9.17) is 0 Å². The first-order chi connectivity index (χ1) is 7.13. The summed E-state index contributed by atoms with van der Waals surface area (Å²) < 4.78 is 0. The SMILES string of the molecule is CCc1cc(=O)c2ccc(C)c(C)c2[nH]1. The zero-order valence-electron chi connectivity index (χ0n) is 9.35. The van der Waals surface area contributed by atoms with Crippen molar-refractivity contribution in [3.05, 3.63) is 45.2 Å². The number of H-pyrrole nitrogens is 1. The van der Waals surface area contributed by atoms with E-state index in [0.29, 0.717) is 0 Å². The van der Waals surface area contributed by atoms with Gasteiger partial charge in [-0.3, -0.25) is 4.79 Å². The molecule has 78 valence electrons. The molecule has 0 aliphatic heterocycles. The lowest BCUT2D eigenvalue weighted by molar-refractivity contribution is 1.05. The Labute approximate surface area is 89.0 Å². The minimum Gasteiger partial charge on any atom is -0.358 e. The lowest BCUT2D eigenvalue weighted by atomic mass is 10.0. The fourth-order valence-corrected chi connectivity index (χ4v) is 1.81. The van der Waals surface area contributed by atoms with E-state index in [2.05, 4.69) is 11.9 Å². The van der Waals surface area contributed by atoms with Gasteiger partial charge >= 0.3 is 0 Å². The van der Waals surface area contributed by atoms with Gasteiger partial charge in [-0.1, -0.05) is 13.0 Å². The van der Waals surface area contributed by atoms with E-state index in [1.165, 1.54) is 11.1 Å². The van der Waals surface area contributed by atoms with E-state index in [-0.39, 0.29) is 5.43 Å². The molecular formula is C13H15NO. The highest BCUT2D eigenvalue weighted by atomic mass is 16.1. The predicted octanol–water partition coefficient (Wildman–Crippen LogP) is 2.71. The lowest BCUT2D eigenvalue weighted by Crippen LogP contribution is -2.06. The van der Waals surface area contributed by atoms with Crippen LogP contribution in [-0.2, 0) is 6.42 Å². The Morgan fingerprint density at radius 2 is 2.00 bits per heavy atom. The van der Waals surface area contributed by atoms with Gasteiger partial charge in [-0.05, 0) is 37.5 Å². The first-order valence-electron chi connectivity index (χ1n) is 5.25. The normalized spacial score (nSPS) is 10.9. The van der Waals surface area contributed by atoms with Crippen LogP contribution in [0.1, 0.15) is 23.7 Å². The van der Waals surface area contributed by atoms with Crippen LogP contribution in [0.5, 0.6) is 0 Å². The number of nitrogens with one attached hydrogen (secondary N) is 1. The van der Waals surface area contributed by atoms with Gasteiger partial charge in [0.05, 0.1) is 5.52 Å². The number of aromatic amines is 1. The van der Waals surface area contributed by atoms with Gasteiger partial charge in [0.15, 0.2) is 5.43 Å². The zero-order valence-corrected chi connectivity index (χ0v) is 9.35. The molecule has 0 saturated heterocycles. The average molecular weight is 201 g/mol. The third kappa shape index (κ3) is 1.56. The minimum atomic E-state index is 0.115. The van der Waals surface area contributed by atoms with Gasteiger partial charge < -0.3 is 4.98 Å². The fourth-order valence-electron chi connectivity index (χ4n) is 1.81. The molecule has 0 unspecified atom stereocenters. The first kappa shape index (κ1) is 9.97. The standard InChI is InChI=1S/C13H15NO/c1-4-10-7-12(15)11-6-5-8(2)9(3)13(11)14-10/h5-7H,4H2,1-3H3,(H,14,15). The van der Waals surface area contributed by atoms with Crippen molar-refractivity contribution in [1.82, 2.24) is 4.98 Å². The van der Waals surface area contributed by atoms with Crippen LogP contribution in [0.4, 0.5) is 0 Å². The molecule has 0 atom stereocenters. The van der Waals surface area contributed by atoms with Crippen LogP contribution in [0.3, 0.4) is 0 Å². The van der Waals surface area contributed by atoms with Crippen molar-refractivity contribution in [2.75, 3.05) is 0 Å². The summed E-state index contributed by atoms with van der Waals surface area (Å²) in [6, 6.07) is 5.59. The van der Waals surface area contributed by atoms with Crippen LogP contribution in [0.25, 0.3) is 10.9 Å². The predicted molar refractivity (Wildman–Crippen MR) is 63.4 cm³/mol. The second kappa shape index (κ2) is 3.54. The molecule has 1 aromatic heterocycles. The van der Waals surface area contributed by atoms with Gasteiger partial charge in [0, 0.05) is 17.1 Å². The van der Waals surface area contributed by atoms with E-state index >= 15 is 0 Å². The average Bonchev–Trinajstić information content (AvgIpc) is 2.23. The van der Waals surface area contributed by atoms with Crippen LogP contribution < -0.4 is 5.43 Å². The van der Waals surface area contributed by atoms with Crippen LogP contribution >= 0.6 is 0 Å². The molecule has 2 nitrogen and oxygen atoms in total. The summed E-state index contributed by atoms with van der Waals surface area (Å²) in [5.41, 5.74) is 4.48. The lowest BCUT2D eigenvalue weighted by Gasteiger charge is -2.07. The Morgan fingerprint density at radius 1 is 1.27 bits per heavy atom. The third-order valence-corrected chi connectivity index (χ3v) is 2.97. The van der Waals surface area contributed by atoms with E-state index in [9.17, 15) is 4.79 Å². The van der Waals surface area contributed by atoms with Crippen molar-refractivity contribution in [2.24, 2.45) is 0 Å². The smallest absolute Gasteiger partial charge is 0.189 e. The van der Waals surface area contributed by atoms with Crippen LogP contribution in [0.15, 0.2) is 23.0 Å². The Morgan fingerprint density at radius 3 is 2.67 bits per heavy atom. The monoisotopic (exact) mass is 201 g/mol. The number of hydrogen-bond acceptors (Lipinski definition) is 1. The molecule has 0 saturated carbocycles. The molecule has 0 aliphatic carbocycles. The molecule has 0 amide bonds. The molecule has 1 N–H and O–H groups in total. The number of rotatable bonds is 1. The van der Waals surface area contributed by atoms with Crippen LogP contribution in [0.2, 0.25) is 0 Å². The summed E-state index contributed by atoms with van der Waals surface area (Å²) >= 11 is 0. The second-order valence-corrected chi connectivity index (χ2v) is 3.94. The zero-order chi connectivity index (χ0) is 11.0. The van der Waals surface area contributed by atoms with E-state index in [1.54, 1.807) is 6.07 Å². The fraction of sp³-hybridized carbons (Fsp3) is 0.308. The first-order valence-corrected chi connectivity index (χ1v) is 5.25. The Bertz CT molecular complexity index is 566. The van der Waals surface area contributed by atoms with Crippen molar-refractivity contribution >= 4 is 10.9 Å². The van der Waals surface area contributed by atoms with Gasteiger partial charge in [0.2, 0.25) is 0 Å². The highest BCUT2D eigenvalue weighted by Crippen LogP contribution is 2.17. The topological polar surface area (TPSA) is 32.9 Å². The molecule has 15 heavy (non-hydrogen) atoms. The molecule has 1 heterocycles. The molecule has 0 fully saturated rings. The van der Waals surface area contributed by atoms with Crippen LogP contribution in [-0.4, -0.2) is 4.98 Å². The van der Waals surface area contributed by atoms with Gasteiger partial charge in [-0.25, -0.2) is 0 Å². The number of benzene rings is 1. The third-order valence-electron chi connectivity index (χ3n) is 2.97. The minimum absolute atomic E-state index is 0.115. The van der Waals surface area contributed by atoms with Gasteiger partial charge in [0.1, 0.15) is 0 Å². The summed E-state index contributed by atoms with van der Waals surface area (Å²) in [7, 11) is 0. The van der Waals surface area contributed by atoms with Crippen molar-refractivity contribution < 1.29 is 0 Å². The Hall–Kier alpha value is -1.57. The molecule has 0 bridgehead atoms. The maximum absolute atomic E-state index is 11.8. The summed E-state index contributed by atoms with van der Waals surface area (Å²) in [4.78, 5) is 15.1. The van der Waals surface area contributed by atoms with Crippen LogP contribution in [0, 0.1) is 13.8 Å². The summed E-state index contributed by atoms with van der Waals surface area (Å²) in [5.74, 6) is 0. The molecular weight excluding hydrogens is 186 g/mol. The molecule has 0 spiro atoms. The van der Waals surface area contributed by atoms with Crippen molar-refractivity contribution in [2.45, 2.75) is 27.2 Å². The van der Waals surface area contributed by atoms with Gasteiger partial charge in [-0.15, -0.1) is 0 Å². The second-order valence-electron chi connectivity index (χ2n) is 3.94. The molecule has 0 aliphatic rings. The highest BCUT2D eigenvalue weighted by Gasteiger charge is 2.04. The van der Waals surface area contributed by atoms with E-state index < -0.39 is 0 Å². The summed E-state index contributed by atoms with van der Waals surface area (Å²) in [6.07, 6.45) is 0.860. The molecule has 0 radical (unpaired) electrons. The summed E-state index contributed by atoms with van der Waals surface area (Å²) in [5, 5.41) is 0.787. The largest absolute Gasteiger partial charge is 0.358 e. The molecule has 2 rings (SSSR count). The van der Waals surface area contributed by atoms with E-state index in [1.807, 2.05) is 26.0 Å². The Kier molecular flexibility index (Phi) is 2.35. The number of aryl methyl sites for hydroxylation is 3. The maximum Gasteiger partial charge on any atom is 0.189 e. The van der Waals surface area contributed by atoms with Gasteiger partial charge in [-0.2, -0.15) is 0 Å². The number of hydrogen-bond donors (Lipinski definition) is 1.